The van der Waals surface area contributed by atoms with Crippen molar-refractivity contribution >= 4 is 11.7 Å². The molecule has 0 atom stereocenters. The van der Waals surface area contributed by atoms with Crippen molar-refractivity contribution in [1.29, 1.82) is 0 Å². The molecule has 1 fully saturated rings. The number of piperazine rings is 1. The van der Waals surface area contributed by atoms with Gasteiger partial charge in [0.1, 0.15) is 0 Å². The number of quaternary nitrogens is 1. The fraction of sp³-hybridized carbons (Fsp3) is 0.562. The van der Waals surface area contributed by atoms with E-state index in [9.17, 15) is 4.79 Å². The van der Waals surface area contributed by atoms with Gasteiger partial charge in [-0.05, 0) is 31.9 Å². The average Bonchev–Trinajstić information content (AvgIpc) is 2.46. The number of benzene rings is 1. The molecule has 0 bridgehead atoms. The van der Waals surface area contributed by atoms with Crippen LogP contribution in [-0.2, 0) is 0 Å². The number of nitrogens with one attached hydrogen (secondary N) is 1. The van der Waals surface area contributed by atoms with Crippen LogP contribution in [0.5, 0.6) is 0 Å². The Morgan fingerprint density at radius 2 is 1.80 bits per heavy atom. The Balaban J connectivity index is 2.32. The molecule has 1 saturated heterocycles. The second-order valence-electron chi connectivity index (χ2n) is 5.74. The first-order chi connectivity index (χ1) is 9.52. The first-order valence-electron chi connectivity index (χ1n) is 7.43. The van der Waals surface area contributed by atoms with Gasteiger partial charge in [-0.3, -0.25) is 4.90 Å². The van der Waals surface area contributed by atoms with Crippen molar-refractivity contribution in [3.05, 3.63) is 29.3 Å². The fourth-order valence-electron chi connectivity index (χ4n) is 3.21. The summed E-state index contributed by atoms with van der Waals surface area (Å²) in [5.41, 5.74) is 3.37. The third kappa shape index (κ3) is 2.58. The molecule has 0 aliphatic carbocycles. The number of carbonyl (C=O) groups excluding carboxylic acids is 1. The number of para-hydroxylation sites is 1. The van der Waals surface area contributed by atoms with Crippen LogP contribution in [0.25, 0.3) is 0 Å². The molecule has 1 aromatic rings. The van der Waals surface area contributed by atoms with Gasteiger partial charge in [0.2, 0.25) is 0 Å². The molecule has 20 heavy (non-hydrogen) atoms. The lowest BCUT2D eigenvalue weighted by Crippen LogP contribution is -2.64. The van der Waals surface area contributed by atoms with Crippen LogP contribution in [0, 0.1) is 13.8 Å². The van der Waals surface area contributed by atoms with Gasteiger partial charge in [-0.1, -0.05) is 18.2 Å². The van der Waals surface area contributed by atoms with Gasteiger partial charge >= 0.3 is 6.03 Å². The maximum atomic E-state index is 13.0. The lowest BCUT2D eigenvalue weighted by molar-refractivity contribution is -0.849. The molecular weight excluding hydrogens is 250 g/mol. The molecule has 1 N–H and O–H groups in total. The molecule has 0 aromatic heterocycles. The molecule has 1 aliphatic heterocycles. The van der Waals surface area contributed by atoms with Crippen LogP contribution in [0.15, 0.2) is 18.2 Å². The third-order valence-corrected chi connectivity index (χ3v) is 4.51. The molecule has 1 aromatic carbocycles. The average molecular weight is 276 g/mol. The number of rotatable bonds is 2. The van der Waals surface area contributed by atoms with E-state index in [-0.39, 0.29) is 6.03 Å². The van der Waals surface area contributed by atoms with E-state index < -0.39 is 0 Å². The second kappa shape index (κ2) is 5.94. The highest BCUT2D eigenvalue weighted by atomic mass is 16.2. The molecule has 1 aliphatic rings. The number of nitrogens with zero attached hydrogens (tertiary/aromatic N) is 2. The Bertz CT molecular complexity index is 472. The molecular formula is C16H26N3O+. The van der Waals surface area contributed by atoms with E-state index in [1.807, 2.05) is 18.0 Å². The Morgan fingerprint density at radius 3 is 2.30 bits per heavy atom. The van der Waals surface area contributed by atoms with Crippen molar-refractivity contribution in [3.8, 4) is 0 Å². The van der Waals surface area contributed by atoms with Crippen molar-refractivity contribution in [2.45, 2.75) is 20.8 Å². The quantitative estimate of drug-likeness (QED) is 0.841. The van der Waals surface area contributed by atoms with Gasteiger partial charge in [0, 0.05) is 20.1 Å². The Hall–Kier alpha value is -1.39. The van der Waals surface area contributed by atoms with Crippen molar-refractivity contribution in [1.82, 2.24) is 5.32 Å². The summed E-state index contributed by atoms with van der Waals surface area (Å²) in [6.45, 7) is 10.7. The minimum atomic E-state index is 0.214. The Kier molecular flexibility index (Phi) is 4.45. The van der Waals surface area contributed by atoms with Crippen LogP contribution in [0.2, 0.25) is 0 Å². The number of urea groups is 1. The normalized spacial score (nSPS) is 17.8. The molecule has 0 unspecified atom stereocenters. The fourth-order valence-corrected chi connectivity index (χ4v) is 3.21. The van der Waals surface area contributed by atoms with Crippen molar-refractivity contribution in [3.63, 3.8) is 0 Å². The Morgan fingerprint density at radius 1 is 1.25 bits per heavy atom. The van der Waals surface area contributed by atoms with E-state index in [0.717, 1.165) is 49.5 Å². The number of likely N-dealkylation sites (N-methyl/N-ethyl adjacent to an activating group) is 1. The number of carbonyl (C=O) groups is 1. The highest BCUT2D eigenvalue weighted by Gasteiger charge is 2.39. The third-order valence-electron chi connectivity index (χ3n) is 4.51. The van der Waals surface area contributed by atoms with Crippen molar-refractivity contribution in [2.24, 2.45) is 0 Å². The molecule has 1 heterocycles. The van der Waals surface area contributed by atoms with Gasteiger partial charge in [0.25, 0.3) is 0 Å². The summed E-state index contributed by atoms with van der Waals surface area (Å²) < 4.78 is 0.553. The molecule has 0 radical (unpaired) electrons. The monoisotopic (exact) mass is 276 g/mol. The summed E-state index contributed by atoms with van der Waals surface area (Å²) in [5, 5.41) is 3.34. The molecule has 2 amide bonds. The maximum absolute atomic E-state index is 13.0. The minimum absolute atomic E-state index is 0.214. The number of anilines is 1. The van der Waals surface area contributed by atoms with Crippen LogP contribution in [0.3, 0.4) is 0 Å². The van der Waals surface area contributed by atoms with E-state index in [0.29, 0.717) is 4.48 Å². The standard InChI is InChI=1S/C16H26N3O/c1-5-19(11-9-17-10-12-19)16(20)18(4)15-13(2)7-6-8-14(15)3/h6-8,17H,5,9-12H2,1-4H3/q+1. The lowest BCUT2D eigenvalue weighted by Gasteiger charge is -2.40. The van der Waals surface area contributed by atoms with E-state index in [4.69, 9.17) is 0 Å². The van der Waals surface area contributed by atoms with E-state index in [2.05, 4.69) is 38.2 Å². The first kappa shape index (κ1) is 15.0. The molecule has 4 nitrogen and oxygen atoms in total. The summed E-state index contributed by atoms with van der Waals surface area (Å²) >= 11 is 0. The topological polar surface area (TPSA) is 32.3 Å². The number of amides is 2. The number of hydrogen-bond donors (Lipinski definition) is 1. The number of hydrogen-bond acceptors (Lipinski definition) is 2. The summed E-state index contributed by atoms with van der Waals surface area (Å²) in [5.74, 6) is 0. The second-order valence-corrected chi connectivity index (χ2v) is 5.74. The van der Waals surface area contributed by atoms with Gasteiger partial charge in [0.05, 0.1) is 25.3 Å². The van der Waals surface area contributed by atoms with E-state index in [1.54, 1.807) is 0 Å². The molecule has 2 rings (SSSR count). The van der Waals surface area contributed by atoms with Crippen LogP contribution >= 0.6 is 0 Å². The number of aryl methyl sites for hydroxylation is 2. The zero-order valence-electron chi connectivity index (χ0n) is 13.1. The van der Waals surface area contributed by atoms with E-state index in [1.165, 1.54) is 0 Å². The maximum Gasteiger partial charge on any atom is 0.423 e. The summed E-state index contributed by atoms with van der Waals surface area (Å²) in [6.07, 6.45) is 0. The van der Waals surface area contributed by atoms with Gasteiger partial charge in [-0.25, -0.2) is 9.28 Å². The lowest BCUT2D eigenvalue weighted by atomic mass is 10.1. The van der Waals surface area contributed by atoms with Gasteiger partial charge in [-0.2, -0.15) is 0 Å². The SMILES string of the molecule is CC[N+]1(C(=O)N(C)c2c(C)cccc2C)CCNCC1. The van der Waals surface area contributed by atoms with Gasteiger partial charge in [-0.15, -0.1) is 0 Å². The van der Waals surface area contributed by atoms with Gasteiger partial charge in [0.15, 0.2) is 0 Å². The van der Waals surface area contributed by atoms with Crippen molar-refractivity contribution in [2.75, 3.05) is 44.7 Å². The predicted molar refractivity (Wildman–Crippen MR) is 83.1 cm³/mol. The van der Waals surface area contributed by atoms with E-state index >= 15 is 0 Å². The molecule has 110 valence electrons. The first-order valence-corrected chi connectivity index (χ1v) is 7.43. The van der Waals surface area contributed by atoms with Crippen molar-refractivity contribution < 1.29 is 9.28 Å². The highest BCUT2D eigenvalue weighted by molar-refractivity contribution is 5.88. The minimum Gasteiger partial charge on any atom is -0.306 e. The molecule has 0 spiro atoms. The molecule has 0 saturated carbocycles. The predicted octanol–water partition coefficient (Wildman–Crippen LogP) is 2.30. The summed E-state index contributed by atoms with van der Waals surface area (Å²) in [6, 6.07) is 6.40. The highest BCUT2D eigenvalue weighted by Crippen LogP contribution is 2.26. The summed E-state index contributed by atoms with van der Waals surface area (Å²) in [7, 11) is 1.91. The largest absolute Gasteiger partial charge is 0.423 e. The summed E-state index contributed by atoms with van der Waals surface area (Å²) in [4.78, 5) is 14.9. The van der Waals surface area contributed by atoms with Crippen LogP contribution in [0.4, 0.5) is 10.5 Å². The zero-order chi connectivity index (χ0) is 14.8. The van der Waals surface area contributed by atoms with Crippen LogP contribution in [0.1, 0.15) is 18.1 Å². The van der Waals surface area contributed by atoms with Gasteiger partial charge < -0.3 is 5.32 Å². The smallest absolute Gasteiger partial charge is 0.306 e. The Labute approximate surface area is 122 Å². The van der Waals surface area contributed by atoms with Crippen LogP contribution < -0.4 is 10.2 Å². The molecule has 4 heteroatoms. The zero-order valence-corrected chi connectivity index (χ0v) is 13.1. The van der Waals surface area contributed by atoms with Crippen LogP contribution in [-0.4, -0.2) is 50.3 Å².